The predicted molar refractivity (Wildman–Crippen MR) is 115 cm³/mol. The van der Waals surface area contributed by atoms with Crippen LogP contribution in [0.5, 0.6) is 0 Å². The van der Waals surface area contributed by atoms with E-state index in [2.05, 4.69) is 83.1 Å². The minimum atomic E-state index is -0.304. The van der Waals surface area contributed by atoms with Gasteiger partial charge in [-0.05, 0) is 53.0 Å². The molecule has 0 N–H and O–H groups in total. The Morgan fingerprint density at radius 1 is 0.542 bits per heavy atom. The fourth-order valence-electron chi connectivity index (χ4n) is 1.64. The normalized spacial score (nSPS) is 17.3. The number of hydrogen-bond acceptors (Lipinski definition) is 2. The Morgan fingerprint density at radius 3 is 0.958 bits per heavy atom. The van der Waals surface area contributed by atoms with E-state index >= 15 is 0 Å². The Hall–Kier alpha value is 0.220. The summed E-state index contributed by atoms with van der Waals surface area (Å²) in [5.41, 5.74) is -0.283. The van der Waals surface area contributed by atoms with Crippen LogP contribution < -0.4 is 0 Å². The van der Waals surface area contributed by atoms with Crippen molar-refractivity contribution >= 4 is 21.8 Å². The molecule has 0 aliphatic rings. The predicted octanol–water partition coefficient (Wildman–Crippen LogP) is 6.36. The molecule has 0 heterocycles. The molecule has 2 atom stereocenters. The molecule has 0 saturated carbocycles. The van der Waals surface area contributed by atoms with Crippen molar-refractivity contribution < 1.29 is 0 Å². The van der Waals surface area contributed by atoms with Crippen molar-refractivity contribution in [3.05, 3.63) is 9.44 Å². The van der Waals surface area contributed by atoms with Gasteiger partial charge < -0.3 is 9.44 Å². The highest BCUT2D eigenvalue weighted by molar-refractivity contribution is 7.93. The maximum absolute atomic E-state index is 4.94. The molecule has 0 spiro atoms. The SMILES string of the molecule is CC(C)(C)N=S(CCS(=NC(C)(C)C)[N-]C(C)(C)C)[N-]C(C)(C)C. The van der Waals surface area contributed by atoms with Gasteiger partial charge in [0.15, 0.2) is 0 Å². The number of hydrogen-bond donors (Lipinski definition) is 0. The maximum Gasteiger partial charge on any atom is 0.0574 e. The summed E-state index contributed by atoms with van der Waals surface area (Å²) in [6.07, 6.45) is 0. The van der Waals surface area contributed by atoms with Crippen LogP contribution in [0.3, 0.4) is 0 Å². The Balaban J connectivity index is 5.31. The minimum absolute atomic E-state index is 0.0706. The van der Waals surface area contributed by atoms with E-state index in [0.29, 0.717) is 0 Å². The van der Waals surface area contributed by atoms with Crippen LogP contribution in [0.2, 0.25) is 0 Å². The van der Waals surface area contributed by atoms with Crippen LogP contribution in [-0.2, 0) is 21.8 Å². The van der Waals surface area contributed by atoms with Gasteiger partial charge in [-0.15, -0.1) is 11.1 Å². The van der Waals surface area contributed by atoms with Gasteiger partial charge in [0.25, 0.3) is 0 Å². The summed E-state index contributed by atoms with van der Waals surface area (Å²) in [4.78, 5) is 0. The second-order valence-electron chi connectivity index (χ2n) is 10.1. The first kappa shape index (κ1) is 24.2. The quantitative estimate of drug-likeness (QED) is 0.536. The van der Waals surface area contributed by atoms with Crippen LogP contribution in [0.1, 0.15) is 83.1 Å². The molecule has 24 heavy (non-hydrogen) atoms. The molecule has 6 heteroatoms. The zero-order chi connectivity index (χ0) is 19.4. The van der Waals surface area contributed by atoms with Gasteiger partial charge in [0.1, 0.15) is 0 Å². The van der Waals surface area contributed by atoms with E-state index in [1.807, 2.05) is 0 Å². The van der Waals surface area contributed by atoms with Crippen molar-refractivity contribution in [2.45, 2.75) is 105 Å². The van der Waals surface area contributed by atoms with Gasteiger partial charge in [0.05, 0.1) is 11.1 Å². The topological polar surface area (TPSA) is 52.9 Å². The van der Waals surface area contributed by atoms with Crippen molar-refractivity contribution in [1.29, 1.82) is 0 Å². The largest absolute Gasteiger partial charge is 0.590 e. The molecule has 0 aromatic rings. The molecule has 146 valence electrons. The minimum Gasteiger partial charge on any atom is -0.590 e. The monoisotopic (exact) mass is 376 g/mol. The van der Waals surface area contributed by atoms with Crippen LogP contribution in [0.4, 0.5) is 0 Å². The first-order valence-corrected chi connectivity index (χ1v) is 11.3. The Labute approximate surface area is 156 Å². The molecule has 4 nitrogen and oxygen atoms in total. The highest BCUT2D eigenvalue weighted by Gasteiger charge is 2.10. The Kier molecular flexibility index (Phi) is 8.82. The van der Waals surface area contributed by atoms with Crippen LogP contribution in [-0.4, -0.2) is 33.7 Å². The van der Waals surface area contributed by atoms with Gasteiger partial charge in [-0.25, -0.2) is 21.8 Å². The van der Waals surface area contributed by atoms with E-state index in [9.17, 15) is 0 Å². The van der Waals surface area contributed by atoms with Crippen molar-refractivity contribution in [3.63, 3.8) is 0 Å². The van der Waals surface area contributed by atoms with Crippen LogP contribution in [0.25, 0.3) is 9.44 Å². The molecule has 0 aromatic carbocycles. The van der Waals surface area contributed by atoms with E-state index in [0.717, 1.165) is 11.5 Å². The first-order chi connectivity index (χ1) is 10.4. The average Bonchev–Trinajstić information content (AvgIpc) is 2.16. The molecule has 0 bridgehead atoms. The number of nitrogens with zero attached hydrogens (tertiary/aromatic N) is 4. The van der Waals surface area contributed by atoms with Crippen molar-refractivity contribution in [2.24, 2.45) is 8.73 Å². The summed E-state index contributed by atoms with van der Waals surface area (Å²) < 4.78 is 19.8. The summed E-state index contributed by atoms with van der Waals surface area (Å²) in [7, 11) is -0.608. The fraction of sp³-hybridized carbons (Fsp3) is 1.00. The van der Waals surface area contributed by atoms with Crippen molar-refractivity contribution in [3.8, 4) is 0 Å². The molecule has 0 aromatic heterocycles. The van der Waals surface area contributed by atoms with E-state index in [1.54, 1.807) is 0 Å². The standard InChI is InChI=1S/C18H40N4S2/c1-15(2,3)19-23(20-16(4,5)6)13-14-24(21-17(7,8)9)22-18(10,11)12/h13-14H2,1-12H3/q-2. The summed E-state index contributed by atoms with van der Waals surface area (Å²) in [6, 6.07) is 0. The van der Waals surface area contributed by atoms with Gasteiger partial charge in [-0.3, -0.25) is 8.73 Å². The molecule has 0 fully saturated rings. The lowest BCUT2D eigenvalue weighted by Gasteiger charge is -2.43. The Morgan fingerprint density at radius 2 is 0.792 bits per heavy atom. The van der Waals surface area contributed by atoms with Gasteiger partial charge in [0, 0.05) is 0 Å². The van der Waals surface area contributed by atoms with Crippen LogP contribution in [0.15, 0.2) is 8.73 Å². The van der Waals surface area contributed by atoms with Crippen molar-refractivity contribution in [1.82, 2.24) is 0 Å². The van der Waals surface area contributed by atoms with Gasteiger partial charge in [0.2, 0.25) is 0 Å². The smallest absolute Gasteiger partial charge is 0.0574 e. The lowest BCUT2D eigenvalue weighted by atomic mass is 10.1. The molecule has 0 aliphatic carbocycles. The second-order valence-corrected chi connectivity index (χ2v) is 13.0. The first-order valence-electron chi connectivity index (χ1n) is 8.70. The highest BCUT2D eigenvalue weighted by atomic mass is 32.2. The third-order valence-corrected chi connectivity index (χ3v) is 6.40. The molecule has 0 saturated heterocycles. The molecule has 0 aliphatic heterocycles. The molecular formula is C18H40N4S2-2. The van der Waals surface area contributed by atoms with E-state index in [-0.39, 0.29) is 43.9 Å². The Bertz CT molecular complexity index is 411. The second kappa shape index (κ2) is 8.74. The lowest BCUT2D eigenvalue weighted by molar-refractivity contribution is 0.590. The summed E-state index contributed by atoms with van der Waals surface area (Å²) in [5.74, 6) is 1.85. The zero-order valence-electron chi connectivity index (χ0n) is 18.0. The average molecular weight is 377 g/mol. The highest BCUT2D eigenvalue weighted by Crippen LogP contribution is 2.25. The molecule has 0 radical (unpaired) electrons. The van der Waals surface area contributed by atoms with Gasteiger partial charge in [-0.2, -0.15) is 0 Å². The molecule has 2 unspecified atom stereocenters. The molecule has 0 rings (SSSR count). The number of rotatable bonds is 5. The zero-order valence-corrected chi connectivity index (χ0v) is 19.7. The lowest BCUT2D eigenvalue weighted by Crippen LogP contribution is -2.23. The third-order valence-electron chi connectivity index (χ3n) is 1.97. The van der Waals surface area contributed by atoms with Crippen molar-refractivity contribution in [2.75, 3.05) is 11.5 Å². The van der Waals surface area contributed by atoms with Crippen LogP contribution >= 0.6 is 0 Å². The van der Waals surface area contributed by atoms with Gasteiger partial charge >= 0.3 is 0 Å². The third kappa shape index (κ3) is 15.7. The van der Waals surface area contributed by atoms with Gasteiger partial charge in [-0.1, -0.05) is 41.5 Å². The van der Waals surface area contributed by atoms with E-state index < -0.39 is 0 Å². The summed E-state index contributed by atoms with van der Waals surface area (Å²) in [6.45, 7) is 25.7. The summed E-state index contributed by atoms with van der Waals surface area (Å²) in [5, 5.41) is 0. The summed E-state index contributed by atoms with van der Waals surface area (Å²) >= 11 is 0. The fourth-order valence-corrected chi connectivity index (χ4v) is 5.81. The van der Waals surface area contributed by atoms with Crippen LogP contribution in [0, 0.1) is 0 Å². The molecule has 0 amide bonds. The maximum atomic E-state index is 4.94. The molecular weight excluding hydrogens is 336 g/mol. The van der Waals surface area contributed by atoms with E-state index in [4.69, 9.17) is 18.2 Å². The van der Waals surface area contributed by atoms with E-state index in [1.165, 1.54) is 0 Å².